The van der Waals surface area contributed by atoms with Gasteiger partial charge in [-0.05, 0) is 31.7 Å². The molecule has 258 valence electrons. The van der Waals surface area contributed by atoms with Gasteiger partial charge in [-0.25, -0.2) is 0 Å². The predicted octanol–water partition coefficient (Wildman–Crippen LogP) is 8.71. The number of halogens is 2. The monoisotopic (exact) mass is 666 g/mol. The van der Waals surface area contributed by atoms with E-state index in [0.717, 1.165) is 37.9 Å². The van der Waals surface area contributed by atoms with Crippen LogP contribution in [0.4, 0.5) is 0 Å². The smallest absolute Gasteiger partial charge is 0.109 e. The van der Waals surface area contributed by atoms with Gasteiger partial charge in [-0.2, -0.15) is 0 Å². The number of amidine groups is 2. The lowest BCUT2D eigenvalue weighted by molar-refractivity contribution is 0.116. The van der Waals surface area contributed by atoms with Crippen LogP contribution in [0.3, 0.4) is 0 Å². The van der Waals surface area contributed by atoms with Crippen LogP contribution in [0.1, 0.15) is 116 Å². The van der Waals surface area contributed by atoms with E-state index in [1.807, 2.05) is 24.3 Å². The molecular weight excluding hydrogens is 603 g/mol. The second-order valence-electron chi connectivity index (χ2n) is 12.1. The summed E-state index contributed by atoms with van der Waals surface area (Å²) >= 11 is 0. The molecule has 0 saturated heterocycles. The van der Waals surface area contributed by atoms with Crippen LogP contribution in [0, 0.1) is 5.41 Å². The number of benzene rings is 1. The van der Waals surface area contributed by atoms with E-state index in [1.54, 1.807) is 6.92 Å². The summed E-state index contributed by atoms with van der Waals surface area (Å²) < 4.78 is 0. The first-order chi connectivity index (χ1) is 21.1. The quantitative estimate of drug-likeness (QED) is 0.0854. The Hall–Kier alpha value is -1.86. The molecule has 8 heteroatoms. The maximum absolute atomic E-state index is 10.2. The van der Waals surface area contributed by atoms with Crippen molar-refractivity contribution in [2.75, 3.05) is 32.8 Å². The van der Waals surface area contributed by atoms with Crippen molar-refractivity contribution in [2.24, 2.45) is 15.4 Å². The highest BCUT2D eigenvalue weighted by atomic mass is 35.5. The van der Waals surface area contributed by atoms with Crippen molar-refractivity contribution in [3.8, 4) is 0 Å². The second-order valence-corrected chi connectivity index (χ2v) is 12.1. The number of unbranched alkanes of at least 4 members (excludes halogenated alkanes) is 13. The van der Waals surface area contributed by atoms with Crippen LogP contribution < -0.4 is 5.32 Å². The molecule has 0 spiro atoms. The van der Waals surface area contributed by atoms with E-state index in [9.17, 15) is 5.11 Å². The molecule has 0 aromatic heterocycles. The zero-order chi connectivity index (χ0) is 31.0. The number of aliphatic hydroxyl groups excluding tert-OH is 2. The molecule has 6 nitrogen and oxygen atoms in total. The Bertz CT molecular complexity index is 955. The van der Waals surface area contributed by atoms with Crippen molar-refractivity contribution in [1.82, 2.24) is 10.2 Å². The fourth-order valence-corrected chi connectivity index (χ4v) is 5.88. The summed E-state index contributed by atoms with van der Waals surface area (Å²) in [6, 6.07) is 10.1. The van der Waals surface area contributed by atoms with E-state index in [1.165, 1.54) is 95.5 Å². The molecule has 0 amide bonds. The first-order valence-corrected chi connectivity index (χ1v) is 17.3. The number of hydrogen-bond donors (Lipinski definition) is 3. The first-order valence-electron chi connectivity index (χ1n) is 17.3. The molecule has 2 unspecified atom stereocenters. The van der Waals surface area contributed by atoms with E-state index in [4.69, 9.17) is 5.11 Å². The number of aliphatic hydroxyl groups is 2. The molecule has 0 radical (unpaired) electrons. The van der Waals surface area contributed by atoms with Crippen molar-refractivity contribution < 1.29 is 10.2 Å². The number of allylic oxidation sites excluding steroid dienone is 1. The largest absolute Gasteiger partial charge is 0.396 e. The first kappa shape index (κ1) is 43.1. The van der Waals surface area contributed by atoms with Gasteiger partial charge < -0.3 is 20.4 Å². The van der Waals surface area contributed by atoms with E-state index in [-0.39, 0.29) is 31.4 Å². The van der Waals surface area contributed by atoms with Crippen LogP contribution in [0.15, 0.2) is 65.2 Å². The molecule has 0 aliphatic carbocycles. The maximum Gasteiger partial charge on any atom is 0.109 e. The number of nitrogens with zero attached hydrogens (tertiary/aromatic N) is 3. The summed E-state index contributed by atoms with van der Waals surface area (Å²) in [6.07, 6.45) is 26.7. The van der Waals surface area contributed by atoms with Crippen LogP contribution in [0.2, 0.25) is 0 Å². The highest BCUT2D eigenvalue weighted by Gasteiger charge is 2.39. The molecule has 1 aromatic carbocycles. The Morgan fingerprint density at radius 2 is 1.51 bits per heavy atom. The molecule has 2 aliphatic rings. The van der Waals surface area contributed by atoms with Gasteiger partial charge in [0.15, 0.2) is 0 Å². The molecule has 0 saturated carbocycles. The Labute approximate surface area is 287 Å². The molecule has 0 bridgehead atoms. The van der Waals surface area contributed by atoms with E-state index >= 15 is 0 Å². The van der Waals surface area contributed by atoms with Gasteiger partial charge in [-0.15, -0.1) is 31.4 Å². The molecule has 2 atom stereocenters. The van der Waals surface area contributed by atoms with Gasteiger partial charge in [-0.1, -0.05) is 126 Å². The Kier molecular flexibility index (Phi) is 26.1. The zero-order valence-electron chi connectivity index (χ0n) is 28.3. The van der Waals surface area contributed by atoms with Crippen molar-refractivity contribution in [2.45, 2.75) is 123 Å². The molecule has 2 heterocycles. The zero-order valence-corrected chi connectivity index (χ0v) is 29.9. The standard InChI is InChI=1S/C22H42N2O.C15H20N2O.2ClH/c1-2-3-4-5-6-7-8-9-10-11-12-13-14-15-16-19-24-20-18-23-22(24)17-21-25;1-3-15(12(2)18,14-16-9-10-17-14)11-13-7-5-4-6-8-13;;/h16,19,25H,2-15,17-18,20-21H2,1H3;3-8,12,18H,1,9-11H2,2H3,(H,16,17);2*1H. The summed E-state index contributed by atoms with van der Waals surface area (Å²) in [4.78, 5) is 11.1. The number of nitrogens with one attached hydrogen (secondary N) is 1. The Balaban J connectivity index is 0.000000860. The van der Waals surface area contributed by atoms with Crippen molar-refractivity contribution in [3.05, 3.63) is 60.8 Å². The van der Waals surface area contributed by atoms with Crippen molar-refractivity contribution >= 4 is 36.5 Å². The van der Waals surface area contributed by atoms with E-state index < -0.39 is 11.5 Å². The minimum atomic E-state index is -0.528. The average molecular weight is 668 g/mol. The van der Waals surface area contributed by atoms with Crippen LogP contribution >= 0.6 is 24.8 Å². The number of hydrogen-bond acceptors (Lipinski definition) is 6. The van der Waals surface area contributed by atoms with Crippen LogP contribution in [0.5, 0.6) is 0 Å². The van der Waals surface area contributed by atoms with Gasteiger partial charge in [0.2, 0.25) is 0 Å². The normalized spacial score (nSPS) is 16.0. The number of aliphatic imine (C=N–C) groups is 2. The SMILES string of the molecule is C=CC(Cc1ccccc1)(C1=NCCN1)C(C)O.CCCCCCCCCCCCCCCC=CN1CCN=C1CCO.Cl.Cl. The summed E-state index contributed by atoms with van der Waals surface area (Å²) in [5.41, 5.74) is 0.660. The predicted molar refractivity (Wildman–Crippen MR) is 199 cm³/mol. The van der Waals surface area contributed by atoms with Crippen LogP contribution in [-0.2, 0) is 6.42 Å². The van der Waals surface area contributed by atoms with Crippen molar-refractivity contribution in [3.63, 3.8) is 0 Å². The van der Waals surface area contributed by atoms with Crippen LogP contribution in [0.25, 0.3) is 0 Å². The summed E-state index contributed by atoms with van der Waals surface area (Å²) in [5, 5.41) is 22.5. The van der Waals surface area contributed by atoms with Crippen molar-refractivity contribution in [1.29, 1.82) is 0 Å². The second kappa shape index (κ2) is 27.3. The third-order valence-electron chi connectivity index (χ3n) is 8.63. The lowest BCUT2D eigenvalue weighted by atomic mass is 9.76. The van der Waals surface area contributed by atoms with Gasteiger partial charge in [0.05, 0.1) is 31.2 Å². The third-order valence-corrected chi connectivity index (χ3v) is 8.63. The van der Waals surface area contributed by atoms with Gasteiger partial charge in [-0.3, -0.25) is 9.98 Å². The lowest BCUT2D eigenvalue weighted by Gasteiger charge is -2.34. The molecule has 3 N–H and O–H groups in total. The highest BCUT2D eigenvalue weighted by Crippen LogP contribution is 2.31. The molecule has 3 rings (SSSR count). The average Bonchev–Trinajstić information content (AvgIpc) is 3.72. The fraction of sp³-hybridized carbons (Fsp3) is 0.676. The minimum absolute atomic E-state index is 0. The summed E-state index contributed by atoms with van der Waals surface area (Å²) in [6.45, 7) is 11.7. The third kappa shape index (κ3) is 17.0. The maximum atomic E-state index is 10.2. The fourth-order valence-electron chi connectivity index (χ4n) is 5.88. The van der Waals surface area contributed by atoms with E-state index in [2.05, 4.69) is 58.1 Å². The van der Waals surface area contributed by atoms with Gasteiger partial charge >= 0.3 is 0 Å². The molecule has 0 fully saturated rings. The topological polar surface area (TPSA) is 80.5 Å². The lowest BCUT2D eigenvalue weighted by Crippen LogP contribution is -2.46. The van der Waals surface area contributed by atoms with Gasteiger partial charge in [0, 0.05) is 25.7 Å². The van der Waals surface area contributed by atoms with Gasteiger partial charge in [0.25, 0.3) is 0 Å². The minimum Gasteiger partial charge on any atom is -0.396 e. The molecular formula is C37H64Cl2N4O2. The molecule has 45 heavy (non-hydrogen) atoms. The summed E-state index contributed by atoms with van der Waals surface area (Å²) in [7, 11) is 0. The Morgan fingerprint density at radius 1 is 0.911 bits per heavy atom. The molecule has 1 aromatic rings. The molecule has 2 aliphatic heterocycles. The van der Waals surface area contributed by atoms with E-state index in [0.29, 0.717) is 12.8 Å². The van der Waals surface area contributed by atoms with Gasteiger partial charge in [0.1, 0.15) is 11.7 Å². The Morgan fingerprint density at radius 3 is 2.02 bits per heavy atom. The summed E-state index contributed by atoms with van der Waals surface area (Å²) in [5.74, 6) is 1.90. The highest BCUT2D eigenvalue weighted by molar-refractivity contribution is 5.92. The number of rotatable bonds is 22. The van der Waals surface area contributed by atoms with Crippen LogP contribution in [-0.4, -0.2) is 65.7 Å².